The van der Waals surface area contributed by atoms with Crippen molar-refractivity contribution in [3.05, 3.63) is 0 Å². The van der Waals surface area contributed by atoms with Crippen LogP contribution in [0.25, 0.3) is 0 Å². The Balaban J connectivity index is 1.79. The maximum absolute atomic E-state index is 3.58. The summed E-state index contributed by atoms with van der Waals surface area (Å²) in [6.07, 6.45) is 2.65. The molecule has 0 aromatic carbocycles. The summed E-state index contributed by atoms with van der Waals surface area (Å²) in [6, 6.07) is 0.730. The first-order valence-electron chi connectivity index (χ1n) is 8.16. The van der Waals surface area contributed by atoms with Crippen LogP contribution in [-0.4, -0.2) is 61.7 Å². The van der Waals surface area contributed by atoms with Gasteiger partial charge >= 0.3 is 0 Å². The van der Waals surface area contributed by atoms with E-state index in [1.165, 1.54) is 58.7 Å². The lowest BCUT2D eigenvalue weighted by molar-refractivity contribution is 0.0209. The molecule has 0 amide bonds. The Bertz CT molecular complexity index is 267. The Morgan fingerprint density at radius 1 is 1.16 bits per heavy atom. The van der Waals surface area contributed by atoms with Crippen molar-refractivity contribution in [3.8, 4) is 0 Å². The molecule has 112 valence electrons. The van der Waals surface area contributed by atoms with Crippen LogP contribution in [0.3, 0.4) is 0 Å². The average Bonchev–Trinajstić information content (AvgIpc) is 2.37. The highest BCUT2D eigenvalue weighted by Crippen LogP contribution is 2.31. The molecule has 2 heterocycles. The summed E-state index contributed by atoms with van der Waals surface area (Å²) in [4.78, 5) is 5.39. The van der Waals surface area contributed by atoms with Crippen molar-refractivity contribution in [2.45, 2.75) is 46.6 Å². The number of rotatable bonds is 4. The van der Waals surface area contributed by atoms with E-state index >= 15 is 0 Å². The van der Waals surface area contributed by atoms with Gasteiger partial charge in [0.15, 0.2) is 0 Å². The zero-order valence-corrected chi connectivity index (χ0v) is 13.4. The number of nitrogens with one attached hydrogen (secondary N) is 1. The molecule has 2 rings (SSSR count). The number of piperazine rings is 1. The van der Waals surface area contributed by atoms with Crippen LogP contribution in [0.5, 0.6) is 0 Å². The molecule has 0 spiro atoms. The van der Waals surface area contributed by atoms with Crippen molar-refractivity contribution in [3.63, 3.8) is 0 Å². The first kappa shape index (κ1) is 15.3. The highest BCUT2D eigenvalue weighted by molar-refractivity contribution is 4.93. The van der Waals surface area contributed by atoms with Crippen LogP contribution in [0.2, 0.25) is 0 Å². The SMILES string of the molecule is CC(C)CCN1CCN(C2CNCCC2(C)C)CC1. The minimum absolute atomic E-state index is 0.478. The Morgan fingerprint density at radius 2 is 1.84 bits per heavy atom. The predicted octanol–water partition coefficient (Wildman–Crippen LogP) is 2.04. The molecule has 2 aliphatic heterocycles. The second-order valence-electron chi connectivity index (χ2n) is 7.52. The fourth-order valence-electron chi connectivity index (χ4n) is 3.45. The van der Waals surface area contributed by atoms with E-state index in [1.54, 1.807) is 0 Å². The van der Waals surface area contributed by atoms with E-state index in [2.05, 4.69) is 42.8 Å². The van der Waals surface area contributed by atoms with Crippen LogP contribution in [0.15, 0.2) is 0 Å². The Morgan fingerprint density at radius 3 is 2.42 bits per heavy atom. The second kappa shape index (κ2) is 6.55. The molecule has 2 saturated heterocycles. The number of piperidine rings is 1. The van der Waals surface area contributed by atoms with Crippen molar-refractivity contribution in [1.82, 2.24) is 15.1 Å². The molecule has 0 aromatic rings. The van der Waals surface area contributed by atoms with Gasteiger partial charge in [0.1, 0.15) is 0 Å². The highest BCUT2D eigenvalue weighted by atomic mass is 15.3. The lowest BCUT2D eigenvalue weighted by Gasteiger charge is -2.48. The third-order valence-corrected chi connectivity index (χ3v) is 5.06. The van der Waals surface area contributed by atoms with Gasteiger partial charge in [-0.1, -0.05) is 27.7 Å². The number of hydrogen-bond donors (Lipinski definition) is 1. The van der Waals surface area contributed by atoms with E-state index in [-0.39, 0.29) is 0 Å². The molecule has 0 saturated carbocycles. The Kier molecular flexibility index (Phi) is 5.27. The lowest BCUT2D eigenvalue weighted by Crippen LogP contribution is -2.60. The standard InChI is InChI=1S/C16H33N3/c1-14(2)5-8-18-9-11-19(12-10-18)15-13-17-7-6-16(15,3)4/h14-15,17H,5-13H2,1-4H3. The molecule has 0 aliphatic carbocycles. The van der Waals surface area contributed by atoms with Crippen LogP contribution >= 0.6 is 0 Å². The predicted molar refractivity (Wildman–Crippen MR) is 82.5 cm³/mol. The van der Waals surface area contributed by atoms with Crippen LogP contribution in [0.1, 0.15) is 40.5 Å². The van der Waals surface area contributed by atoms with Crippen molar-refractivity contribution < 1.29 is 0 Å². The number of nitrogens with zero attached hydrogens (tertiary/aromatic N) is 2. The molecular formula is C16H33N3. The van der Waals surface area contributed by atoms with Gasteiger partial charge in [0.25, 0.3) is 0 Å². The summed E-state index contributed by atoms with van der Waals surface area (Å²) in [6.45, 7) is 18.3. The Labute approximate surface area is 119 Å². The zero-order valence-electron chi connectivity index (χ0n) is 13.4. The fourth-order valence-corrected chi connectivity index (χ4v) is 3.45. The van der Waals surface area contributed by atoms with Crippen molar-refractivity contribution in [2.75, 3.05) is 45.8 Å². The Hall–Kier alpha value is -0.120. The maximum Gasteiger partial charge on any atom is 0.0273 e. The summed E-state index contributed by atoms with van der Waals surface area (Å²) in [5, 5.41) is 3.58. The monoisotopic (exact) mass is 267 g/mol. The molecule has 3 nitrogen and oxygen atoms in total. The summed E-state index contributed by atoms with van der Waals surface area (Å²) < 4.78 is 0. The zero-order chi connectivity index (χ0) is 13.9. The largest absolute Gasteiger partial charge is 0.315 e. The third kappa shape index (κ3) is 4.17. The van der Waals surface area contributed by atoms with Crippen LogP contribution in [0, 0.1) is 11.3 Å². The van der Waals surface area contributed by atoms with Gasteiger partial charge in [0.05, 0.1) is 0 Å². The molecule has 0 bridgehead atoms. The molecule has 19 heavy (non-hydrogen) atoms. The summed E-state index contributed by atoms with van der Waals surface area (Å²) >= 11 is 0. The number of hydrogen-bond acceptors (Lipinski definition) is 3. The molecule has 2 aliphatic rings. The molecular weight excluding hydrogens is 234 g/mol. The van der Waals surface area contributed by atoms with Gasteiger partial charge in [0, 0.05) is 38.8 Å². The quantitative estimate of drug-likeness (QED) is 0.841. The van der Waals surface area contributed by atoms with Crippen LogP contribution in [0.4, 0.5) is 0 Å². The maximum atomic E-state index is 3.58. The second-order valence-corrected chi connectivity index (χ2v) is 7.52. The van der Waals surface area contributed by atoms with E-state index in [0.717, 1.165) is 12.0 Å². The normalized spacial score (nSPS) is 29.8. The summed E-state index contributed by atoms with van der Waals surface area (Å²) in [5.74, 6) is 0.833. The topological polar surface area (TPSA) is 18.5 Å². The minimum Gasteiger partial charge on any atom is -0.315 e. The van der Waals surface area contributed by atoms with Crippen LogP contribution in [-0.2, 0) is 0 Å². The average molecular weight is 267 g/mol. The summed E-state index contributed by atoms with van der Waals surface area (Å²) in [5.41, 5.74) is 0.478. The van der Waals surface area contributed by atoms with Gasteiger partial charge in [-0.2, -0.15) is 0 Å². The van der Waals surface area contributed by atoms with Crippen molar-refractivity contribution >= 4 is 0 Å². The lowest BCUT2D eigenvalue weighted by atomic mass is 9.77. The molecule has 1 atom stereocenters. The molecule has 2 fully saturated rings. The van der Waals surface area contributed by atoms with E-state index in [4.69, 9.17) is 0 Å². The van der Waals surface area contributed by atoms with Gasteiger partial charge in [0.2, 0.25) is 0 Å². The first-order chi connectivity index (χ1) is 8.99. The van der Waals surface area contributed by atoms with Crippen molar-refractivity contribution in [2.24, 2.45) is 11.3 Å². The van der Waals surface area contributed by atoms with Gasteiger partial charge in [-0.15, -0.1) is 0 Å². The molecule has 1 N–H and O–H groups in total. The van der Waals surface area contributed by atoms with Crippen molar-refractivity contribution in [1.29, 1.82) is 0 Å². The minimum atomic E-state index is 0.478. The molecule has 0 radical (unpaired) electrons. The van der Waals surface area contributed by atoms with E-state index < -0.39 is 0 Å². The van der Waals surface area contributed by atoms with E-state index in [1.807, 2.05) is 0 Å². The van der Waals surface area contributed by atoms with Gasteiger partial charge in [-0.3, -0.25) is 4.90 Å². The van der Waals surface area contributed by atoms with Crippen LogP contribution < -0.4 is 5.32 Å². The molecule has 1 unspecified atom stereocenters. The van der Waals surface area contributed by atoms with Gasteiger partial charge in [-0.25, -0.2) is 0 Å². The fraction of sp³-hybridized carbons (Fsp3) is 1.00. The highest BCUT2D eigenvalue weighted by Gasteiger charge is 2.37. The smallest absolute Gasteiger partial charge is 0.0273 e. The third-order valence-electron chi connectivity index (χ3n) is 5.06. The molecule has 3 heteroatoms. The van der Waals surface area contributed by atoms with E-state index in [0.29, 0.717) is 5.41 Å². The van der Waals surface area contributed by atoms with Gasteiger partial charge < -0.3 is 10.2 Å². The van der Waals surface area contributed by atoms with Gasteiger partial charge in [-0.05, 0) is 37.3 Å². The molecule has 0 aromatic heterocycles. The first-order valence-corrected chi connectivity index (χ1v) is 8.16. The summed E-state index contributed by atoms with van der Waals surface area (Å²) in [7, 11) is 0. The van der Waals surface area contributed by atoms with E-state index in [9.17, 15) is 0 Å².